The zero-order valence-electron chi connectivity index (χ0n) is 5.37. The second-order valence-electron chi connectivity index (χ2n) is 1.61. The predicted molar refractivity (Wildman–Crippen MR) is 29.9 cm³/mol. The van der Waals surface area contributed by atoms with E-state index in [1.165, 1.54) is 6.20 Å². The van der Waals surface area contributed by atoms with Crippen molar-refractivity contribution in [3.05, 3.63) is 18.2 Å². The molecule has 0 saturated carbocycles. The van der Waals surface area contributed by atoms with Crippen LogP contribution in [0.2, 0.25) is 0 Å². The number of hydrogen-bond acceptors (Lipinski definition) is 2. The molecule has 4 nitrogen and oxygen atoms in total. The fourth-order valence-electron chi connectivity index (χ4n) is 0.538. The van der Waals surface area contributed by atoms with Gasteiger partial charge in [0.25, 0.3) is 0 Å². The Morgan fingerprint density at radius 1 is 1.80 bits per heavy atom. The summed E-state index contributed by atoms with van der Waals surface area (Å²) in [5, 5.41) is 8.23. The minimum atomic E-state index is -0.870. The van der Waals surface area contributed by atoms with Crippen LogP contribution in [0.25, 0.3) is 0 Å². The molecule has 10 heavy (non-hydrogen) atoms. The van der Waals surface area contributed by atoms with E-state index in [0.717, 1.165) is 0 Å². The van der Waals surface area contributed by atoms with Gasteiger partial charge in [0.05, 0.1) is 0 Å². The number of aliphatic carboxylic acids is 1. The first-order valence-electron chi connectivity index (χ1n) is 2.49. The molecular formula is C5H6N2O2Zn. The largest absolute Gasteiger partial charge is 0.481 e. The van der Waals surface area contributed by atoms with Crippen LogP contribution in [0.3, 0.4) is 0 Å². The molecule has 0 radical (unpaired) electrons. The molecule has 0 aliphatic rings. The zero-order chi connectivity index (χ0) is 6.69. The van der Waals surface area contributed by atoms with Gasteiger partial charge in [0, 0.05) is 31.9 Å². The number of nitrogens with zero attached hydrogens (tertiary/aromatic N) is 1. The number of imidazole rings is 1. The summed E-state index contributed by atoms with van der Waals surface area (Å²) in [5.74, 6) is -0.382. The molecule has 0 spiro atoms. The molecule has 0 atom stereocenters. The number of hydrogen-bond donors (Lipinski definition) is 2. The molecule has 1 aromatic rings. The summed E-state index contributed by atoms with van der Waals surface area (Å²) in [7, 11) is 0. The quantitative estimate of drug-likeness (QED) is 0.649. The molecule has 0 aromatic carbocycles. The van der Waals surface area contributed by atoms with Gasteiger partial charge in [0.1, 0.15) is 12.2 Å². The summed E-state index contributed by atoms with van der Waals surface area (Å²) in [5.41, 5.74) is 0. The Morgan fingerprint density at radius 2 is 2.50 bits per heavy atom. The molecule has 1 heterocycles. The van der Waals surface area contributed by atoms with E-state index in [1.807, 2.05) is 0 Å². The van der Waals surface area contributed by atoms with E-state index in [1.54, 1.807) is 6.20 Å². The third kappa shape index (κ3) is 2.73. The van der Waals surface area contributed by atoms with Crippen molar-refractivity contribution in [2.45, 2.75) is 6.42 Å². The average Bonchev–Trinajstić information content (AvgIpc) is 2.15. The van der Waals surface area contributed by atoms with Crippen LogP contribution >= 0.6 is 0 Å². The van der Waals surface area contributed by atoms with E-state index in [0.29, 0.717) is 5.82 Å². The van der Waals surface area contributed by atoms with E-state index in [4.69, 9.17) is 5.11 Å². The molecule has 0 bridgehead atoms. The third-order valence-electron chi connectivity index (χ3n) is 0.874. The van der Waals surface area contributed by atoms with Gasteiger partial charge in [-0.1, -0.05) is 0 Å². The van der Waals surface area contributed by atoms with Crippen LogP contribution in [-0.4, -0.2) is 21.0 Å². The summed E-state index contributed by atoms with van der Waals surface area (Å²) >= 11 is 0. The van der Waals surface area contributed by atoms with Gasteiger partial charge in [0.15, 0.2) is 0 Å². The van der Waals surface area contributed by atoms with E-state index in [2.05, 4.69) is 9.97 Å². The van der Waals surface area contributed by atoms with Gasteiger partial charge in [0.2, 0.25) is 0 Å². The van der Waals surface area contributed by atoms with Crippen LogP contribution in [-0.2, 0) is 30.7 Å². The fraction of sp³-hybridized carbons (Fsp3) is 0.200. The number of H-pyrrole nitrogens is 1. The van der Waals surface area contributed by atoms with Crippen molar-refractivity contribution in [3.8, 4) is 0 Å². The van der Waals surface area contributed by atoms with Crippen LogP contribution < -0.4 is 0 Å². The molecule has 0 aliphatic carbocycles. The molecule has 50 valence electrons. The number of rotatable bonds is 2. The van der Waals surface area contributed by atoms with Crippen molar-refractivity contribution in [2.24, 2.45) is 0 Å². The maximum atomic E-state index is 10.0. The van der Waals surface area contributed by atoms with Crippen LogP contribution in [0.15, 0.2) is 12.4 Å². The van der Waals surface area contributed by atoms with Gasteiger partial charge in [-0.3, -0.25) is 4.79 Å². The van der Waals surface area contributed by atoms with Gasteiger partial charge >= 0.3 is 5.97 Å². The molecule has 1 rings (SSSR count). The molecule has 0 saturated heterocycles. The second-order valence-corrected chi connectivity index (χ2v) is 1.61. The first-order chi connectivity index (χ1) is 4.29. The first-order valence-corrected chi connectivity index (χ1v) is 2.49. The van der Waals surface area contributed by atoms with Gasteiger partial charge in [-0.05, 0) is 0 Å². The Bertz CT molecular complexity index is 197. The number of carboxylic acid groups (broad SMARTS) is 1. The molecule has 0 amide bonds. The maximum Gasteiger partial charge on any atom is 0.311 e. The fourth-order valence-corrected chi connectivity index (χ4v) is 0.538. The Hall–Kier alpha value is -0.697. The van der Waals surface area contributed by atoms with E-state index in [9.17, 15) is 4.79 Å². The summed E-state index contributed by atoms with van der Waals surface area (Å²) in [6.07, 6.45) is 3.09. The summed E-state index contributed by atoms with van der Waals surface area (Å²) < 4.78 is 0. The van der Waals surface area contributed by atoms with E-state index >= 15 is 0 Å². The molecule has 0 unspecified atom stereocenters. The number of carboxylic acids is 1. The van der Waals surface area contributed by atoms with Crippen molar-refractivity contribution in [3.63, 3.8) is 0 Å². The van der Waals surface area contributed by atoms with Crippen molar-refractivity contribution in [2.75, 3.05) is 0 Å². The molecular weight excluding hydrogens is 185 g/mol. The molecule has 5 heteroatoms. The van der Waals surface area contributed by atoms with Crippen molar-refractivity contribution in [1.82, 2.24) is 9.97 Å². The predicted octanol–water partition coefficient (Wildman–Crippen LogP) is 0.0343. The first kappa shape index (κ1) is 9.30. The Balaban J connectivity index is 0.000000810. The number of nitrogens with one attached hydrogen (secondary N) is 1. The van der Waals surface area contributed by atoms with E-state index in [-0.39, 0.29) is 25.9 Å². The van der Waals surface area contributed by atoms with Crippen LogP contribution in [0.5, 0.6) is 0 Å². The molecule has 2 N–H and O–H groups in total. The van der Waals surface area contributed by atoms with Gasteiger partial charge in [-0.15, -0.1) is 0 Å². The Labute approximate surface area is 70.4 Å². The minimum Gasteiger partial charge on any atom is -0.481 e. The SMILES string of the molecule is O=C(O)Cc1ncc[nH]1.[Zn]. The number of aromatic amines is 1. The number of aromatic nitrogens is 2. The smallest absolute Gasteiger partial charge is 0.311 e. The summed E-state index contributed by atoms with van der Waals surface area (Å²) in [6.45, 7) is 0. The maximum absolute atomic E-state index is 10.0. The summed E-state index contributed by atoms with van der Waals surface area (Å²) in [4.78, 5) is 16.4. The normalized spacial score (nSPS) is 8.40. The Morgan fingerprint density at radius 3 is 2.90 bits per heavy atom. The third-order valence-corrected chi connectivity index (χ3v) is 0.874. The molecule has 1 aromatic heterocycles. The molecule has 0 aliphatic heterocycles. The summed E-state index contributed by atoms with van der Waals surface area (Å²) in [6, 6.07) is 0. The van der Waals surface area contributed by atoms with Crippen LogP contribution in [0.4, 0.5) is 0 Å². The van der Waals surface area contributed by atoms with Crippen LogP contribution in [0.1, 0.15) is 5.82 Å². The monoisotopic (exact) mass is 190 g/mol. The van der Waals surface area contributed by atoms with E-state index < -0.39 is 5.97 Å². The van der Waals surface area contributed by atoms with Crippen LogP contribution in [0, 0.1) is 0 Å². The Kier molecular flexibility index (Phi) is 3.88. The average molecular weight is 192 g/mol. The van der Waals surface area contributed by atoms with Crippen molar-refractivity contribution < 1.29 is 29.4 Å². The standard InChI is InChI=1S/C5H6N2O2.Zn/c8-5(9)3-4-6-1-2-7-4;/h1-2H,3H2,(H,6,7)(H,8,9);. The van der Waals surface area contributed by atoms with Gasteiger partial charge < -0.3 is 10.1 Å². The van der Waals surface area contributed by atoms with Gasteiger partial charge in [-0.2, -0.15) is 0 Å². The zero-order valence-corrected chi connectivity index (χ0v) is 8.34. The second kappa shape index (κ2) is 4.17. The van der Waals surface area contributed by atoms with Gasteiger partial charge in [-0.25, -0.2) is 4.98 Å². The number of carbonyl (C=O) groups is 1. The minimum absolute atomic E-state index is 0. The molecule has 0 fully saturated rings. The van der Waals surface area contributed by atoms with Crippen molar-refractivity contribution in [1.29, 1.82) is 0 Å². The topological polar surface area (TPSA) is 66.0 Å². The van der Waals surface area contributed by atoms with Crippen molar-refractivity contribution >= 4 is 5.97 Å².